The number of aromatic nitrogens is 3. The molecule has 0 amide bonds. The second kappa shape index (κ2) is 5.95. The van der Waals surface area contributed by atoms with E-state index in [0.29, 0.717) is 11.9 Å². The predicted octanol–water partition coefficient (Wildman–Crippen LogP) is 5.23. The summed E-state index contributed by atoms with van der Waals surface area (Å²) in [6.07, 6.45) is 2.44. The summed E-state index contributed by atoms with van der Waals surface area (Å²) in [5, 5.41) is 7.90. The molecule has 2 heterocycles. The van der Waals surface area contributed by atoms with Crippen LogP contribution in [0.4, 0.5) is 17.5 Å². The van der Waals surface area contributed by atoms with Crippen molar-refractivity contribution >= 4 is 39.0 Å². The Kier molecular flexibility index (Phi) is 3.87. The van der Waals surface area contributed by atoms with Gasteiger partial charge < -0.3 is 10.6 Å². The first-order valence-corrected chi connectivity index (χ1v) is 9.49. The molecule has 4 rings (SSSR count). The molecule has 2 aromatic heterocycles. The number of thiazole rings is 1. The molecule has 5 nitrogen and oxygen atoms in total. The molecule has 0 aliphatic heterocycles. The van der Waals surface area contributed by atoms with Gasteiger partial charge in [-0.3, -0.25) is 0 Å². The highest BCUT2D eigenvalue weighted by Gasteiger charge is 2.26. The van der Waals surface area contributed by atoms with Gasteiger partial charge in [0.1, 0.15) is 5.82 Å². The predicted molar refractivity (Wildman–Crippen MR) is 105 cm³/mol. The third-order valence-electron chi connectivity index (χ3n) is 4.00. The maximum atomic E-state index is 4.70. The van der Waals surface area contributed by atoms with Gasteiger partial charge in [0, 0.05) is 23.2 Å². The van der Waals surface area contributed by atoms with Crippen LogP contribution in [-0.4, -0.2) is 20.5 Å². The molecule has 0 radical (unpaired) electrons. The molecule has 2 N–H and O–H groups in total. The summed E-state index contributed by atoms with van der Waals surface area (Å²) < 4.78 is 1.21. The van der Waals surface area contributed by atoms with Crippen LogP contribution in [0.25, 0.3) is 10.2 Å². The second-order valence-corrected chi connectivity index (χ2v) is 8.93. The Labute approximate surface area is 151 Å². The Balaban J connectivity index is 1.65. The first-order chi connectivity index (χ1) is 11.9. The molecule has 1 fully saturated rings. The number of nitrogens with zero attached hydrogens (tertiary/aromatic N) is 3. The lowest BCUT2D eigenvalue weighted by Crippen LogP contribution is -2.27. The van der Waals surface area contributed by atoms with Gasteiger partial charge in [-0.15, -0.1) is 11.3 Å². The van der Waals surface area contributed by atoms with E-state index in [-0.39, 0.29) is 5.54 Å². The van der Waals surface area contributed by atoms with Crippen molar-refractivity contribution < 1.29 is 0 Å². The normalized spacial score (nSPS) is 14.7. The van der Waals surface area contributed by atoms with Gasteiger partial charge in [0.25, 0.3) is 0 Å². The van der Waals surface area contributed by atoms with E-state index in [9.17, 15) is 0 Å². The maximum Gasteiger partial charge on any atom is 0.225 e. The van der Waals surface area contributed by atoms with Gasteiger partial charge in [-0.2, -0.15) is 4.98 Å². The number of rotatable bonds is 4. The van der Waals surface area contributed by atoms with Crippen LogP contribution >= 0.6 is 11.3 Å². The third kappa shape index (κ3) is 3.90. The molecule has 0 bridgehead atoms. The van der Waals surface area contributed by atoms with Crippen LogP contribution in [0.3, 0.4) is 0 Å². The van der Waals surface area contributed by atoms with Gasteiger partial charge in [0.2, 0.25) is 5.95 Å². The van der Waals surface area contributed by atoms with Crippen LogP contribution in [0.5, 0.6) is 0 Å². The van der Waals surface area contributed by atoms with Crippen LogP contribution in [0, 0.1) is 6.92 Å². The number of hydrogen-bond acceptors (Lipinski definition) is 6. The molecule has 1 saturated carbocycles. The zero-order chi connectivity index (χ0) is 17.6. The van der Waals surface area contributed by atoms with E-state index in [4.69, 9.17) is 4.98 Å². The van der Waals surface area contributed by atoms with Gasteiger partial charge in [-0.25, -0.2) is 9.97 Å². The zero-order valence-electron chi connectivity index (χ0n) is 15.1. The molecule has 0 atom stereocenters. The van der Waals surface area contributed by atoms with Crippen molar-refractivity contribution in [3.8, 4) is 0 Å². The van der Waals surface area contributed by atoms with E-state index < -0.39 is 0 Å². The summed E-state index contributed by atoms with van der Waals surface area (Å²) in [7, 11) is 0. The number of fused-ring (bicyclic) bond motifs is 1. The first-order valence-electron chi connectivity index (χ1n) is 8.67. The van der Waals surface area contributed by atoms with Crippen LogP contribution in [0.15, 0.2) is 24.3 Å². The van der Waals surface area contributed by atoms with E-state index >= 15 is 0 Å². The van der Waals surface area contributed by atoms with Gasteiger partial charge >= 0.3 is 0 Å². The molecule has 0 unspecified atom stereocenters. The Hall–Kier alpha value is -2.21. The smallest absolute Gasteiger partial charge is 0.225 e. The highest BCUT2D eigenvalue weighted by Crippen LogP contribution is 2.40. The average molecular weight is 353 g/mol. The fourth-order valence-electron chi connectivity index (χ4n) is 2.78. The van der Waals surface area contributed by atoms with Crippen molar-refractivity contribution in [2.45, 2.75) is 52.0 Å². The Morgan fingerprint density at radius 2 is 1.88 bits per heavy atom. The minimum atomic E-state index is -0.0729. The summed E-state index contributed by atoms with van der Waals surface area (Å²) in [4.78, 5) is 13.9. The topological polar surface area (TPSA) is 62.7 Å². The van der Waals surface area contributed by atoms with Crippen molar-refractivity contribution in [2.75, 3.05) is 10.6 Å². The van der Waals surface area contributed by atoms with Crippen LogP contribution < -0.4 is 10.6 Å². The number of nitrogens with one attached hydrogen (secondary N) is 2. The fraction of sp³-hybridized carbons (Fsp3) is 0.421. The van der Waals surface area contributed by atoms with E-state index in [2.05, 4.69) is 65.6 Å². The Morgan fingerprint density at radius 3 is 2.60 bits per heavy atom. The molecule has 1 aliphatic rings. The molecule has 0 spiro atoms. The van der Waals surface area contributed by atoms with Crippen LogP contribution in [0.2, 0.25) is 0 Å². The van der Waals surface area contributed by atoms with Gasteiger partial charge in [0.05, 0.1) is 20.9 Å². The molecule has 3 aromatic rings. The van der Waals surface area contributed by atoms with Gasteiger partial charge in [0.15, 0.2) is 0 Å². The van der Waals surface area contributed by atoms with Gasteiger partial charge in [-0.05, 0) is 58.7 Å². The average Bonchev–Trinajstić information content (AvgIpc) is 3.27. The molecule has 0 saturated heterocycles. The van der Waals surface area contributed by atoms with E-state index in [1.54, 1.807) is 11.3 Å². The molecular formula is C19H23N5S. The summed E-state index contributed by atoms with van der Waals surface area (Å²) in [5.74, 6) is 2.09. The summed E-state index contributed by atoms with van der Waals surface area (Å²) in [6.45, 7) is 8.39. The van der Waals surface area contributed by atoms with E-state index in [1.807, 2.05) is 6.92 Å². The van der Waals surface area contributed by atoms with Crippen LogP contribution in [0.1, 0.15) is 50.2 Å². The minimum Gasteiger partial charge on any atom is -0.350 e. The lowest BCUT2D eigenvalue weighted by molar-refractivity contribution is 0.625. The molecular weight excluding hydrogens is 330 g/mol. The highest BCUT2D eigenvalue weighted by atomic mass is 32.1. The van der Waals surface area contributed by atoms with Crippen molar-refractivity contribution in [3.05, 3.63) is 35.0 Å². The molecule has 6 heteroatoms. The molecule has 25 heavy (non-hydrogen) atoms. The minimum absolute atomic E-state index is 0.0729. The molecule has 1 aromatic carbocycles. The summed E-state index contributed by atoms with van der Waals surface area (Å²) in [5.41, 5.74) is 3.07. The van der Waals surface area contributed by atoms with Crippen LogP contribution in [-0.2, 0) is 0 Å². The number of hydrogen-bond donors (Lipinski definition) is 2. The number of anilines is 3. The van der Waals surface area contributed by atoms with Crippen molar-refractivity contribution in [2.24, 2.45) is 0 Å². The third-order valence-corrected chi connectivity index (χ3v) is 4.95. The fourth-order valence-corrected chi connectivity index (χ4v) is 3.59. The summed E-state index contributed by atoms with van der Waals surface area (Å²) >= 11 is 1.72. The molecule has 1 aliphatic carbocycles. The van der Waals surface area contributed by atoms with Crippen molar-refractivity contribution in [3.63, 3.8) is 0 Å². The number of benzene rings is 1. The number of aryl methyl sites for hydroxylation is 1. The standard InChI is InChI=1S/C19H23N5S/c1-11-20-15-9-13(7-8-16(15)25-11)21-17-10-14(12-5-6-12)22-18(23-17)24-19(2,3)4/h7-10,12H,5-6H2,1-4H3,(H2,21,22,23,24). The zero-order valence-corrected chi connectivity index (χ0v) is 15.9. The highest BCUT2D eigenvalue weighted by molar-refractivity contribution is 7.18. The Morgan fingerprint density at radius 1 is 1.08 bits per heavy atom. The van der Waals surface area contributed by atoms with Crippen molar-refractivity contribution in [1.82, 2.24) is 15.0 Å². The van der Waals surface area contributed by atoms with E-state index in [1.165, 1.54) is 17.5 Å². The van der Waals surface area contributed by atoms with Crippen molar-refractivity contribution in [1.29, 1.82) is 0 Å². The summed E-state index contributed by atoms with van der Waals surface area (Å²) in [6, 6.07) is 8.34. The van der Waals surface area contributed by atoms with E-state index in [0.717, 1.165) is 27.7 Å². The second-order valence-electron chi connectivity index (χ2n) is 7.69. The first kappa shape index (κ1) is 16.3. The SMILES string of the molecule is Cc1nc2cc(Nc3cc(C4CC4)nc(NC(C)(C)C)n3)ccc2s1. The lowest BCUT2D eigenvalue weighted by atomic mass is 10.1. The van der Waals surface area contributed by atoms with Gasteiger partial charge in [-0.1, -0.05) is 0 Å². The largest absolute Gasteiger partial charge is 0.350 e. The maximum absolute atomic E-state index is 4.70. The monoisotopic (exact) mass is 353 g/mol. The quantitative estimate of drug-likeness (QED) is 0.673. The Bertz CT molecular complexity index is 921. The molecule has 130 valence electrons. The lowest BCUT2D eigenvalue weighted by Gasteiger charge is -2.21.